The maximum absolute atomic E-state index is 9.12. The zero-order valence-corrected chi connectivity index (χ0v) is 11.5. The van der Waals surface area contributed by atoms with Gasteiger partial charge in [-0.05, 0) is 51.7 Å². The maximum Gasteiger partial charge on any atom is 0.488 e. The minimum atomic E-state index is -1.39. The zero-order chi connectivity index (χ0) is 13.5. The molecule has 0 saturated heterocycles. The third-order valence-corrected chi connectivity index (χ3v) is 2.85. The van der Waals surface area contributed by atoms with E-state index in [0.717, 1.165) is 31.6 Å². The molecule has 100 valence electrons. The molecule has 5 heteroatoms. The molecule has 0 fully saturated rings. The molecule has 1 rings (SSSR count). The fourth-order valence-electron chi connectivity index (χ4n) is 1.90. The van der Waals surface area contributed by atoms with Gasteiger partial charge in [-0.2, -0.15) is 0 Å². The molecule has 0 aliphatic rings. The Balaban J connectivity index is 2.43. The highest BCUT2D eigenvalue weighted by Crippen LogP contribution is 2.02. The van der Waals surface area contributed by atoms with E-state index in [1.807, 2.05) is 18.2 Å². The molecular weight excluding hydrogens is 227 g/mol. The predicted octanol–water partition coefficient (Wildman–Crippen LogP) is -0.250. The first-order valence-electron chi connectivity index (χ1n) is 6.27. The monoisotopic (exact) mass is 250 g/mol. The van der Waals surface area contributed by atoms with Crippen LogP contribution in [0.3, 0.4) is 0 Å². The average Bonchev–Trinajstić information content (AvgIpc) is 2.28. The van der Waals surface area contributed by atoms with Gasteiger partial charge in [0.15, 0.2) is 0 Å². The summed E-state index contributed by atoms with van der Waals surface area (Å²) in [5, 5.41) is 18.2. The number of hydrogen-bond acceptors (Lipinski definition) is 4. The van der Waals surface area contributed by atoms with Crippen LogP contribution in [0.5, 0.6) is 0 Å². The van der Waals surface area contributed by atoms with E-state index in [-0.39, 0.29) is 0 Å². The standard InChI is InChI=1S/C13H23BN2O2/c1-15(2)8-5-9-16(3)11-12-6-4-7-13(10-12)14(17)18/h4,6-7,10,17-18H,5,8-9,11H2,1-3H3. The molecule has 0 unspecified atom stereocenters. The molecule has 2 N–H and O–H groups in total. The quantitative estimate of drug-likeness (QED) is 0.655. The van der Waals surface area contributed by atoms with Gasteiger partial charge in [0.1, 0.15) is 0 Å². The third kappa shape index (κ3) is 5.64. The van der Waals surface area contributed by atoms with Crippen molar-refractivity contribution in [2.45, 2.75) is 13.0 Å². The summed E-state index contributed by atoms with van der Waals surface area (Å²) < 4.78 is 0. The van der Waals surface area contributed by atoms with Gasteiger partial charge in [0.25, 0.3) is 0 Å². The second-order valence-corrected chi connectivity index (χ2v) is 5.01. The molecular formula is C13H23BN2O2. The van der Waals surface area contributed by atoms with E-state index in [2.05, 4.69) is 30.9 Å². The molecule has 0 spiro atoms. The lowest BCUT2D eigenvalue weighted by Crippen LogP contribution is -2.30. The van der Waals surface area contributed by atoms with Crippen LogP contribution in [0, 0.1) is 0 Å². The molecule has 18 heavy (non-hydrogen) atoms. The summed E-state index contributed by atoms with van der Waals surface area (Å²) in [5.74, 6) is 0. The first kappa shape index (κ1) is 15.2. The van der Waals surface area contributed by atoms with E-state index in [0.29, 0.717) is 5.46 Å². The van der Waals surface area contributed by atoms with Crippen molar-refractivity contribution in [2.24, 2.45) is 0 Å². The van der Waals surface area contributed by atoms with E-state index in [9.17, 15) is 0 Å². The first-order chi connectivity index (χ1) is 8.49. The lowest BCUT2D eigenvalue weighted by molar-refractivity contribution is 0.294. The van der Waals surface area contributed by atoms with Crippen LogP contribution < -0.4 is 5.46 Å². The van der Waals surface area contributed by atoms with Crippen molar-refractivity contribution in [3.63, 3.8) is 0 Å². The van der Waals surface area contributed by atoms with E-state index in [4.69, 9.17) is 10.0 Å². The van der Waals surface area contributed by atoms with Crippen molar-refractivity contribution in [3.05, 3.63) is 29.8 Å². The second kappa shape index (κ2) is 7.54. The molecule has 0 aliphatic heterocycles. The largest absolute Gasteiger partial charge is 0.488 e. The molecule has 0 amide bonds. The Hall–Kier alpha value is -0.875. The van der Waals surface area contributed by atoms with Crippen molar-refractivity contribution in [1.29, 1.82) is 0 Å². The normalized spacial score (nSPS) is 11.3. The van der Waals surface area contributed by atoms with Crippen LogP contribution in [0.1, 0.15) is 12.0 Å². The maximum atomic E-state index is 9.12. The third-order valence-electron chi connectivity index (χ3n) is 2.85. The van der Waals surface area contributed by atoms with Gasteiger partial charge in [0.05, 0.1) is 0 Å². The van der Waals surface area contributed by atoms with Crippen LogP contribution in [0.4, 0.5) is 0 Å². The molecule has 0 radical (unpaired) electrons. The number of hydrogen-bond donors (Lipinski definition) is 2. The molecule has 0 bridgehead atoms. The Labute approximate surface area is 110 Å². The van der Waals surface area contributed by atoms with Gasteiger partial charge in [-0.15, -0.1) is 0 Å². The Morgan fingerprint density at radius 1 is 1.11 bits per heavy atom. The number of nitrogens with zero attached hydrogens (tertiary/aromatic N) is 2. The lowest BCUT2D eigenvalue weighted by atomic mass is 9.79. The van der Waals surface area contributed by atoms with Crippen LogP contribution in [0.2, 0.25) is 0 Å². The second-order valence-electron chi connectivity index (χ2n) is 5.01. The molecule has 0 aliphatic carbocycles. The Morgan fingerprint density at radius 3 is 2.44 bits per heavy atom. The fourth-order valence-corrected chi connectivity index (χ4v) is 1.90. The zero-order valence-electron chi connectivity index (χ0n) is 11.5. The van der Waals surface area contributed by atoms with Crippen molar-refractivity contribution >= 4 is 12.6 Å². The molecule has 1 aromatic rings. The highest BCUT2D eigenvalue weighted by Gasteiger charge is 2.11. The average molecular weight is 250 g/mol. The van der Waals surface area contributed by atoms with Crippen LogP contribution in [-0.2, 0) is 6.54 Å². The van der Waals surface area contributed by atoms with Gasteiger partial charge in [0.2, 0.25) is 0 Å². The minimum Gasteiger partial charge on any atom is -0.423 e. The van der Waals surface area contributed by atoms with Crippen LogP contribution in [0.25, 0.3) is 0 Å². The summed E-state index contributed by atoms with van der Waals surface area (Å²) >= 11 is 0. The molecule has 0 heterocycles. The Bertz CT molecular complexity index is 359. The van der Waals surface area contributed by atoms with Crippen LogP contribution >= 0.6 is 0 Å². The van der Waals surface area contributed by atoms with Gasteiger partial charge < -0.3 is 19.8 Å². The van der Waals surface area contributed by atoms with Gasteiger partial charge in [-0.25, -0.2) is 0 Å². The van der Waals surface area contributed by atoms with Crippen molar-refractivity contribution in [1.82, 2.24) is 9.80 Å². The van der Waals surface area contributed by atoms with E-state index in [1.165, 1.54) is 0 Å². The van der Waals surface area contributed by atoms with E-state index >= 15 is 0 Å². The van der Waals surface area contributed by atoms with Gasteiger partial charge in [-0.1, -0.05) is 24.3 Å². The summed E-state index contributed by atoms with van der Waals surface area (Å²) in [5.41, 5.74) is 1.65. The molecule has 4 nitrogen and oxygen atoms in total. The van der Waals surface area contributed by atoms with E-state index < -0.39 is 7.12 Å². The van der Waals surface area contributed by atoms with Crippen molar-refractivity contribution in [2.75, 3.05) is 34.2 Å². The summed E-state index contributed by atoms with van der Waals surface area (Å²) in [6, 6.07) is 7.43. The van der Waals surface area contributed by atoms with Crippen LogP contribution in [-0.4, -0.2) is 61.2 Å². The molecule has 1 aromatic carbocycles. The van der Waals surface area contributed by atoms with Gasteiger partial charge in [0, 0.05) is 6.54 Å². The lowest BCUT2D eigenvalue weighted by Gasteiger charge is -2.18. The Kier molecular flexibility index (Phi) is 6.36. The smallest absolute Gasteiger partial charge is 0.423 e. The molecule has 0 saturated carbocycles. The summed E-state index contributed by atoms with van der Waals surface area (Å²) in [6.07, 6.45) is 1.13. The minimum absolute atomic E-state index is 0.550. The van der Waals surface area contributed by atoms with E-state index in [1.54, 1.807) is 6.07 Å². The number of rotatable bonds is 7. The van der Waals surface area contributed by atoms with Gasteiger partial charge in [-0.3, -0.25) is 0 Å². The highest BCUT2D eigenvalue weighted by molar-refractivity contribution is 6.58. The summed E-state index contributed by atoms with van der Waals surface area (Å²) in [7, 11) is 4.85. The van der Waals surface area contributed by atoms with Gasteiger partial charge >= 0.3 is 7.12 Å². The fraction of sp³-hybridized carbons (Fsp3) is 0.538. The SMILES string of the molecule is CN(C)CCCN(C)Cc1cccc(B(O)O)c1. The highest BCUT2D eigenvalue weighted by atomic mass is 16.4. The predicted molar refractivity (Wildman–Crippen MR) is 75.8 cm³/mol. The first-order valence-corrected chi connectivity index (χ1v) is 6.27. The molecule has 0 aromatic heterocycles. The van der Waals surface area contributed by atoms with Crippen molar-refractivity contribution < 1.29 is 10.0 Å². The van der Waals surface area contributed by atoms with Crippen molar-refractivity contribution in [3.8, 4) is 0 Å². The van der Waals surface area contributed by atoms with Crippen LogP contribution in [0.15, 0.2) is 24.3 Å². The Morgan fingerprint density at radius 2 is 1.83 bits per heavy atom. The number of benzene rings is 1. The summed E-state index contributed by atoms with van der Waals surface area (Å²) in [4.78, 5) is 4.42. The molecule has 0 atom stereocenters. The topological polar surface area (TPSA) is 46.9 Å². The summed E-state index contributed by atoms with van der Waals surface area (Å²) in [6.45, 7) is 2.94.